The van der Waals surface area contributed by atoms with Crippen molar-refractivity contribution in [2.45, 2.75) is 50.1 Å². The highest BCUT2D eigenvalue weighted by molar-refractivity contribution is 5.83. The summed E-state index contributed by atoms with van der Waals surface area (Å²) in [6, 6.07) is 9.12. The Bertz CT molecular complexity index is 987. The molecule has 0 bridgehead atoms. The molecule has 0 atom stereocenters. The average Bonchev–Trinajstić information content (AvgIpc) is 2.85. The van der Waals surface area contributed by atoms with E-state index < -0.39 is 47.5 Å². The van der Waals surface area contributed by atoms with Gasteiger partial charge in [-0.25, -0.2) is 9.59 Å². The molecule has 0 radical (unpaired) electrons. The van der Waals surface area contributed by atoms with E-state index in [9.17, 15) is 27.2 Å². The second-order valence-corrected chi connectivity index (χ2v) is 7.97. The van der Waals surface area contributed by atoms with Gasteiger partial charge in [-0.3, -0.25) is 0 Å². The molecule has 10 heteroatoms. The van der Waals surface area contributed by atoms with E-state index in [2.05, 4.69) is 13.2 Å². The van der Waals surface area contributed by atoms with Gasteiger partial charge in [-0.15, -0.1) is 0 Å². The van der Waals surface area contributed by atoms with Crippen LogP contribution < -0.4 is 9.47 Å². The van der Waals surface area contributed by atoms with E-state index in [-0.39, 0.29) is 37.2 Å². The molecular weight excluding hydrogens is 484 g/mol. The number of ether oxygens (including phenoxy) is 4. The topological polar surface area (TPSA) is 71.1 Å². The van der Waals surface area contributed by atoms with Gasteiger partial charge in [0.1, 0.15) is 11.5 Å². The fourth-order valence-corrected chi connectivity index (χ4v) is 3.57. The van der Waals surface area contributed by atoms with E-state index in [0.29, 0.717) is 0 Å². The van der Waals surface area contributed by atoms with E-state index in [1.54, 1.807) is 0 Å². The molecule has 192 valence electrons. The molecule has 3 rings (SSSR count). The number of carbonyl (C=O) groups is 2. The fourth-order valence-electron chi connectivity index (χ4n) is 3.57. The molecule has 0 amide bonds. The summed E-state index contributed by atoms with van der Waals surface area (Å²) >= 11 is 0. The van der Waals surface area contributed by atoms with Gasteiger partial charge in [-0.2, -0.15) is 17.6 Å². The van der Waals surface area contributed by atoms with Gasteiger partial charge in [0.15, 0.2) is 0 Å². The lowest BCUT2D eigenvalue weighted by Crippen LogP contribution is -2.34. The zero-order valence-electron chi connectivity index (χ0n) is 19.1. The smallest absolute Gasteiger partial charge is 0.383 e. The van der Waals surface area contributed by atoms with Crippen molar-refractivity contribution in [2.24, 2.45) is 0 Å². The lowest BCUT2D eigenvalue weighted by molar-refractivity contribution is -0.297. The van der Waals surface area contributed by atoms with Crippen molar-refractivity contribution in [3.8, 4) is 11.5 Å². The predicted molar refractivity (Wildman–Crippen MR) is 121 cm³/mol. The van der Waals surface area contributed by atoms with Crippen LogP contribution in [0.15, 0.2) is 73.8 Å². The summed E-state index contributed by atoms with van der Waals surface area (Å²) in [4.78, 5) is 22.4. The first-order valence-corrected chi connectivity index (χ1v) is 11.0. The molecule has 1 saturated carbocycles. The van der Waals surface area contributed by atoms with Crippen molar-refractivity contribution in [2.75, 3.05) is 0 Å². The van der Waals surface area contributed by atoms with Gasteiger partial charge < -0.3 is 18.9 Å². The largest absolute Gasteiger partial charge is 0.423 e. The third-order valence-corrected chi connectivity index (χ3v) is 5.40. The molecule has 0 N–H and O–H groups in total. The zero-order chi connectivity index (χ0) is 26.3. The van der Waals surface area contributed by atoms with Crippen LogP contribution in [0.1, 0.15) is 36.8 Å². The molecule has 0 aliphatic heterocycles. The van der Waals surface area contributed by atoms with E-state index in [0.717, 1.165) is 36.4 Å². The molecule has 0 spiro atoms. The first-order chi connectivity index (χ1) is 17.0. The number of hydrogen-bond acceptors (Lipinski definition) is 6. The molecule has 1 fully saturated rings. The van der Waals surface area contributed by atoms with Crippen molar-refractivity contribution in [1.29, 1.82) is 0 Å². The number of hydrogen-bond donors (Lipinski definition) is 0. The Labute approximate surface area is 205 Å². The Morgan fingerprint density at radius 2 is 0.972 bits per heavy atom. The molecule has 0 aromatic heterocycles. The first kappa shape index (κ1) is 27.1. The highest BCUT2D eigenvalue weighted by Gasteiger charge is 2.40. The summed E-state index contributed by atoms with van der Waals surface area (Å²) < 4.78 is 78.0. The summed E-state index contributed by atoms with van der Waals surface area (Å²) in [5.41, 5.74) is -0.874. The second-order valence-electron chi connectivity index (χ2n) is 7.97. The van der Waals surface area contributed by atoms with Gasteiger partial charge in [0.05, 0.1) is 23.3 Å². The number of alkyl halides is 4. The van der Waals surface area contributed by atoms with Gasteiger partial charge in [0.2, 0.25) is 0 Å². The van der Waals surface area contributed by atoms with Crippen LogP contribution in [-0.2, 0) is 31.3 Å². The van der Waals surface area contributed by atoms with Crippen molar-refractivity contribution in [1.82, 2.24) is 0 Å². The van der Waals surface area contributed by atoms with Gasteiger partial charge >= 0.3 is 24.2 Å². The molecule has 0 heterocycles. The van der Waals surface area contributed by atoms with Crippen LogP contribution >= 0.6 is 0 Å². The molecular formula is C26H24F4O6. The third-order valence-electron chi connectivity index (χ3n) is 5.40. The highest BCUT2D eigenvalue weighted by Crippen LogP contribution is 2.39. The van der Waals surface area contributed by atoms with Crippen LogP contribution in [0.4, 0.5) is 17.6 Å². The van der Waals surface area contributed by atoms with Crippen LogP contribution in [0.25, 0.3) is 0 Å². The van der Waals surface area contributed by atoms with Crippen LogP contribution in [0.5, 0.6) is 11.5 Å². The summed E-state index contributed by atoms with van der Waals surface area (Å²) in [7, 11) is 0. The molecule has 36 heavy (non-hydrogen) atoms. The van der Waals surface area contributed by atoms with Gasteiger partial charge in [0.25, 0.3) is 0 Å². The monoisotopic (exact) mass is 508 g/mol. The first-order valence-electron chi connectivity index (χ1n) is 11.0. The lowest BCUT2D eigenvalue weighted by Gasteiger charge is -2.33. The predicted octanol–water partition coefficient (Wildman–Crippen LogP) is 6.01. The van der Waals surface area contributed by atoms with Crippen LogP contribution in [-0.4, -0.2) is 24.1 Å². The Hall–Kier alpha value is -3.50. The number of benzene rings is 2. The number of esters is 2. The van der Waals surface area contributed by atoms with Crippen molar-refractivity contribution in [3.05, 3.63) is 85.0 Å². The maximum absolute atomic E-state index is 14.6. The van der Waals surface area contributed by atoms with Crippen molar-refractivity contribution >= 4 is 11.9 Å². The minimum absolute atomic E-state index is 0.0745. The van der Waals surface area contributed by atoms with Crippen molar-refractivity contribution in [3.63, 3.8) is 0 Å². The number of halogens is 4. The SMILES string of the molecule is C=CC(=O)Oc1ccc(C(F)(F)OC2CCC(OC(F)(F)c3ccc(OC(=O)C=C)cc3)CC2)cc1. The van der Waals surface area contributed by atoms with Crippen LogP contribution in [0.2, 0.25) is 0 Å². The maximum Gasteiger partial charge on any atom is 0.383 e. The zero-order valence-corrected chi connectivity index (χ0v) is 19.1. The minimum atomic E-state index is -3.62. The molecule has 1 aliphatic carbocycles. The van der Waals surface area contributed by atoms with Gasteiger partial charge in [-0.1, -0.05) is 13.2 Å². The summed E-state index contributed by atoms with van der Waals surface area (Å²) in [6.45, 7) is 6.50. The molecule has 6 nitrogen and oxygen atoms in total. The summed E-state index contributed by atoms with van der Waals surface area (Å²) in [5.74, 6) is -1.29. The molecule has 2 aromatic carbocycles. The highest BCUT2D eigenvalue weighted by atomic mass is 19.3. The maximum atomic E-state index is 14.6. The van der Waals surface area contributed by atoms with Crippen LogP contribution in [0, 0.1) is 0 Å². The Morgan fingerprint density at radius 3 is 1.25 bits per heavy atom. The quantitative estimate of drug-likeness (QED) is 0.169. The molecule has 0 unspecified atom stereocenters. The Kier molecular flexibility index (Phi) is 8.65. The van der Waals surface area contributed by atoms with Gasteiger partial charge in [0, 0.05) is 12.2 Å². The number of rotatable bonds is 10. The third kappa shape index (κ3) is 7.25. The summed E-state index contributed by atoms with van der Waals surface area (Å²) in [6.07, 6.45) is -6.67. The average molecular weight is 508 g/mol. The van der Waals surface area contributed by atoms with E-state index in [4.69, 9.17) is 18.9 Å². The minimum Gasteiger partial charge on any atom is -0.423 e. The molecule has 1 aliphatic rings. The second kappa shape index (κ2) is 11.5. The van der Waals surface area contributed by atoms with Crippen LogP contribution in [0.3, 0.4) is 0 Å². The Morgan fingerprint density at radius 1 is 0.667 bits per heavy atom. The summed E-state index contributed by atoms with van der Waals surface area (Å²) in [5, 5.41) is 0. The molecule has 0 saturated heterocycles. The van der Waals surface area contributed by atoms with E-state index in [1.165, 1.54) is 24.3 Å². The molecule has 2 aromatic rings. The standard InChI is InChI=1S/C26H24F4O6/c1-3-23(31)33-19-9-5-17(6-10-19)25(27,28)35-21-13-15-22(16-14-21)36-26(29,30)18-7-11-20(12-8-18)34-24(32)4-2/h3-12,21-22H,1-2,13-16H2. The van der Waals surface area contributed by atoms with E-state index >= 15 is 0 Å². The van der Waals surface area contributed by atoms with Crippen molar-refractivity contribution < 1.29 is 46.1 Å². The van der Waals surface area contributed by atoms with Gasteiger partial charge in [-0.05, 0) is 74.2 Å². The lowest BCUT2D eigenvalue weighted by atomic mass is 9.94. The Balaban J connectivity index is 1.51. The van der Waals surface area contributed by atoms with E-state index in [1.807, 2.05) is 0 Å². The normalized spacial score (nSPS) is 18.2. The fraction of sp³-hybridized carbons (Fsp3) is 0.308. The number of carbonyl (C=O) groups excluding carboxylic acids is 2.